The van der Waals surface area contributed by atoms with Crippen LogP contribution in [0, 0.1) is 0 Å². The summed E-state index contributed by atoms with van der Waals surface area (Å²) >= 11 is 1.75. The van der Waals surface area contributed by atoms with Gasteiger partial charge in [-0.05, 0) is 76.3 Å². The number of fused-ring (bicyclic) bond motifs is 9. The maximum Gasteiger partial charge on any atom is 0.117 e. The number of benzene rings is 4. The second-order valence-corrected chi connectivity index (χ2v) is 10.9. The van der Waals surface area contributed by atoms with E-state index in [0.717, 1.165) is 26.4 Å². The molecule has 7 rings (SSSR count). The number of phenolic OH excluding ortho intramolecular Hbond substituents is 2. The Balaban J connectivity index is 1.81. The van der Waals surface area contributed by atoms with Crippen molar-refractivity contribution < 1.29 is 10.2 Å². The first-order valence-corrected chi connectivity index (χ1v) is 11.6. The number of hydrogen-bond acceptors (Lipinski definition) is 3. The molecule has 156 valence electrons. The third-order valence-electron chi connectivity index (χ3n) is 6.78. The van der Waals surface area contributed by atoms with Crippen molar-refractivity contribution in [2.75, 3.05) is 0 Å². The first-order valence-electron chi connectivity index (χ1n) is 10.8. The minimum Gasteiger partial charge on any atom is -0.508 e. The normalized spacial score (nSPS) is 13.1. The van der Waals surface area contributed by atoms with Crippen LogP contribution in [-0.2, 0) is 5.41 Å². The Morgan fingerprint density at radius 1 is 0.688 bits per heavy atom. The molecule has 3 nitrogen and oxygen atoms in total. The molecule has 0 saturated heterocycles. The van der Waals surface area contributed by atoms with Crippen molar-refractivity contribution in [3.63, 3.8) is 0 Å². The zero-order valence-corrected chi connectivity index (χ0v) is 18.8. The van der Waals surface area contributed by atoms with Crippen LogP contribution in [0.25, 0.3) is 58.3 Å². The maximum atomic E-state index is 10.1. The van der Waals surface area contributed by atoms with Gasteiger partial charge >= 0.3 is 0 Å². The van der Waals surface area contributed by atoms with E-state index in [1.165, 1.54) is 37.5 Å². The first-order chi connectivity index (χ1) is 15.3. The van der Waals surface area contributed by atoms with Gasteiger partial charge in [-0.15, -0.1) is 11.3 Å². The summed E-state index contributed by atoms with van der Waals surface area (Å²) in [6.07, 6.45) is 0. The summed E-state index contributed by atoms with van der Waals surface area (Å²) in [6.45, 7) is 6.78. The average molecular weight is 436 g/mol. The molecule has 2 N–H and O–H groups in total. The van der Waals surface area contributed by atoms with E-state index in [2.05, 4.69) is 49.4 Å². The standard InChI is InChI=1S/C28H21NO2S/c1-28(2,3)16-11-21-20-9-14-4-5-17(30)8-15(14)10-23(20)29-25(21)22(12-16)27-26(29)19-7-6-18(31)13-24(19)32-27/h4-13,30-31H,1-3H3. The predicted molar refractivity (Wildman–Crippen MR) is 136 cm³/mol. The lowest BCUT2D eigenvalue weighted by atomic mass is 9.85. The molecule has 0 aliphatic rings. The molecule has 0 amide bonds. The van der Waals surface area contributed by atoms with Crippen LogP contribution in [0.2, 0.25) is 0 Å². The fraction of sp³-hybridized carbons (Fsp3) is 0.143. The van der Waals surface area contributed by atoms with Crippen molar-refractivity contribution in [2.24, 2.45) is 0 Å². The van der Waals surface area contributed by atoms with E-state index in [4.69, 9.17) is 0 Å². The van der Waals surface area contributed by atoms with E-state index >= 15 is 0 Å². The number of hydrogen-bond donors (Lipinski definition) is 2. The van der Waals surface area contributed by atoms with Crippen LogP contribution in [0.4, 0.5) is 0 Å². The van der Waals surface area contributed by atoms with Crippen molar-refractivity contribution in [1.29, 1.82) is 0 Å². The fourth-order valence-corrected chi connectivity index (χ4v) is 6.43. The Bertz CT molecular complexity index is 1880. The van der Waals surface area contributed by atoms with Gasteiger partial charge in [0.25, 0.3) is 0 Å². The molecule has 0 aliphatic carbocycles. The SMILES string of the molecule is CC(C)(C)c1cc2c3cc4ccc(O)cc4cc3n3c2c(c1)c1sc2cc(O)ccc2c13. The Morgan fingerprint density at radius 3 is 2.25 bits per heavy atom. The van der Waals surface area contributed by atoms with Gasteiger partial charge in [0.05, 0.1) is 21.3 Å². The first kappa shape index (κ1) is 18.1. The van der Waals surface area contributed by atoms with Crippen LogP contribution in [0.1, 0.15) is 26.3 Å². The molecule has 3 heterocycles. The summed E-state index contributed by atoms with van der Waals surface area (Å²) in [5.41, 5.74) is 4.95. The number of rotatable bonds is 0. The van der Waals surface area contributed by atoms with E-state index in [-0.39, 0.29) is 11.2 Å². The highest BCUT2D eigenvalue weighted by Crippen LogP contribution is 2.48. The zero-order chi connectivity index (χ0) is 21.9. The van der Waals surface area contributed by atoms with Gasteiger partial charge in [0.15, 0.2) is 0 Å². The number of nitrogens with zero attached hydrogens (tertiary/aromatic N) is 1. The molecule has 4 aromatic carbocycles. The lowest BCUT2D eigenvalue weighted by Crippen LogP contribution is -2.10. The summed E-state index contributed by atoms with van der Waals surface area (Å²) in [7, 11) is 0. The van der Waals surface area contributed by atoms with Gasteiger partial charge in [-0.2, -0.15) is 0 Å². The zero-order valence-electron chi connectivity index (χ0n) is 18.0. The van der Waals surface area contributed by atoms with Gasteiger partial charge in [-0.25, -0.2) is 0 Å². The summed E-state index contributed by atoms with van der Waals surface area (Å²) < 4.78 is 4.74. The van der Waals surface area contributed by atoms with Crippen LogP contribution in [-0.4, -0.2) is 14.6 Å². The molecule has 32 heavy (non-hydrogen) atoms. The van der Waals surface area contributed by atoms with Gasteiger partial charge in [0.1, 0.15) is 11.5 Å². The van der Waals surface area contributed by atoms with Gasteiger partial charge in [0, 0.05) is 26.2 Å². The molecule has 3 aromatic heterocycles. The van der Waals surface area contributed by atoms with Crippen molar-refractivity contribution in [1.82, 2.24) is 4.40 Å². The summed E-state index contributed by atoms with van der Waals surface area (Å²) in [5.74, 6) is 0.576. The third-order valence-corrected chi connectivity index (χ3v) is 7.96. The van der Waals surface area contributed by atoms with Crippen LogP contribution in [0.3, 0.4) is 0 Å². The number of aromatic nitrogens is 1. The van der Waals surface area contributed by atoms with Crippen molar-refractivity contribution in [2.45, 2.75) is 26.2 Å². The molecule has 4 heteroatoms. The van der Waals surface area contributed by atoms with E-state index in [1.807, 2.05) is 24.3 Å². The molecule has 0 spiro atoms. The fourth-order valence-electron chi connectivity index (χ4n) is 5.19. The van der Waals surface area contributed by atoms with Gasteiger partial charge in [-0.3, -0.25) is 0 Å². The maximum absolute atomic E-state index is 10.1. The Hall–Kier alpha value is -3.50. The molecule has 0 fully saturated rings. The Morgan fingerprint density at radius 2 is 1.44 bits per heavy atom. The second-order valence-electron chi connectivity index (χ2n) is 9.87. The summed E-state index contributed by atoms with van der Waals surface area (Å²) in [5, 5.41) is 27.2. The van der Waals surface area contributed by atoms with Gasteiger partial charge in [-0.1, -0.05) is 26.8 Å². The van der Waals surface area contributed by atoms with Gasteiger partial charge < -0.3 is 14.6 Å². The highest BCUT2D eigenvalue weighted by atomic mass is 32.1. The number of aromatic hydroxyl groups is 2. The van der Waals surface area contributed by atoms with E-state index in [1.54, 1.807) is 23.5 Å². The molecule has 0 aliphatic heterocycles. The minimum absolute atomic E-state index is 0.0272. The highest BCUT2D eigenvalue weighted by molar-refractivity contribution is 7.26. The van der Waals surface area contributed by atoms with Crippen LogP contribution in [0.15, 0.2) is 60.7 Å². The molecule has 0 saturated carbocycles. The van der Waals surface area contributed by atoms with Crippen molar-refractivity contribution >= 4 is 69.6 Å². The average Bonchev–Trinajstić information content (AvgIpc) is 3.35. The minimum atomic E-state index is 0.0272. The van der Waals surface area contributed by atoms with E-state index < -0.39 is 0 Å². The molecule has 0 radical (unpaired) electrons. The molecular formula is C28H21NO2S. The largest absolute Gasteiger partial charge is 0.508 e. The Labute approximate surface area is 188 Å². The van der Waals surface area contributed by atoms with Crippen LogP contribution < -0.4 is 0 Å². The number of thiophene rings is 1. The summed E-state index contributed by atoms with van der Waals surface area (Å²) in [4.78, 5) is 0. The Kier molecular flexibility index (Phi) is 3.19. The molecular weight excluding hydrogens is 414 g/mol. The monoisotopic (exact) mass is 435 g/mol. The van der Waals surface area contributed by atoms with Crippen molar-refractivity contribution in [3.05, 3.63) is 66.2 Å². The second kappa shape index (κ2) is 5.64. The smallest absolute Gasteiger partial charge is 0.117 e. The highest BCUT2D eigenvalue weighted by Gasteiger charge is 2.24. The van der Waals surface area contributed by atoms with E-state index in [0.29, 0.717) is 5.75 Å². The van der Waals surface area contributed by atoms with Gasteiger partial charge in [0.2, 0.25) is 0 Å². The topological polar surface area (TPSA) is 44.9 Å². The third kappa shape index (κ3) is 2.20. The quantitative estimate of drug-likeness (QED) is 0.254. The van der Waals surface area contributed by atoms with Crippen LogP contribution >= 0.6 is 11.3 Å². The summed E-state index contributed by atoms with van der Waals surface area (Å²) in [6, 6.07) is 20.4. The molecule has 0 atom stereocenters. The lowest BCUT2D eigenvalue weighted by Gasteiger charge is -2.19. The molecule has 7 aromatic rings. The van der Waals surface area contributed by atoms with Crippen molar-refractivity contribution in [3.8, 4) is 11.5 Å². The van der Waals surface area contributed by atoms with E-state index in [9.17, 15) is 10.2 Å². The molecule has 0 bridgehead atoms. The predicted octanol–water partition coefficient (Wildman–Crippen LogP) is 7.91. The number of phenols is 2. The lowest BCUT2D eigenvalue weighted by molar-refractivity contribution is 0.475. The molecule has 0 unspecified atom stereocenters. The van der Waals surface area contributed by atoms with Crippen LogP contribution in [0.5, 0.6) is 11.5 Å².